The third-order valence-corrected chi connectivity index (χ3v) is 31.9. The van der Waals surface area contributed by atoms with Crippen molar-refractivity contribution in [3.8, 4) is 0 Å². The summed E-state index contributed by atoms with van der Waals surface area (Å²) in [7, 11) is 0. The highest BCUT2D eigenvalue weighted by molar-refractivity contribution is 5.88. The minimum absolute atomic E-state index is 0.0140. The molecule has 12 saturated carbocycles. The molecule has 11 heterocycles. The van der Waals surface area contributed by atoms with Crippen molar-refractivity contribution < 1.29 is 71.6 Å². The van der Waals surface area contributed by atoms with Gasteiger partial charge in [0.1, 0.15) is 54.0 Å². The van der Waals surface area contributed by atoms with Crippen molar-refractivity contribution in [2.24, 2.45) is 139 Å². The Morgan fingerprint density at radius 2 is 0.591 bits per heavy atom. The fourth-order valence-corrected chi connectivity index (χ4v) is 27.2. The van der Waals surface area contributed by atoms with E-state index in [9.17, 15) is 28.8 Å². The number of ether oxygens (including phenoxy) is 6. The van der Waals surface area contributed by atoms with Crippen molar-refractivity contribution in [3.05, 3.63) is 0 Å². The molecule has 23 rings (SSSR count). The zero-order valence-electron chi connectivity index (χ0n) is 58.6. The van der Waals surface area contributed by atoms with Gasteiger partial charge in [0.15, 0.2) is 0 Å². The third kappa shape index (κ3) is 11.1. The molecular weight excluding hydrogens is 1180 g/mol. The summed E-state index contributed by atoms with van der Waals surface area (Å²) in [5, 5.41) is 0. The Kier molecular flexibility index (Phi) is 17.9. The minimum Gasteiger partial charge on any atom is -0.462 e. The molecule has 516 valence electrons. The van der Waals surface area contributed by atoms with E-state index in [1.54, 1.807) is 0 Å². The first-order valence-corrected chi connectivity index (χ1v) is 37.6. The van der Waals surface area contributed by atoms with Crippen molar-refractivity contribution >= 4 is 53.2 Å². The van der Waals surface area contributed by atoms with Crippen LogP contribution in [0.3, 0.4) is 0 Å². The molecule has 0 aromatic carbocycles. The lowest BCUT2D eigenvalue weighted by atomic mass is 9.43. The molecule has 12 aliphatic carbocycles. The van der Waals surface area contributed by atoms with Crippen LogP contribution in [0.15, 0.2) is 0 Å². The maximum absolute atomic E-state index is 15.2. The summed E-state index contributed by atoms with van der Waals surface area (Å²) in [5.41, 5.74) is -2.53. The van der Waals surface area contributed by atoms with Crippen LogP contribution < -0.4 is 0 Å². The summed E-state index contributed by atoms with van der Waals surface area (Å²) in [6.45, 7) is 24.6. The monoisotopic (exact) mass is 1290 g/mol. The highest BCUT2D eigenvalue weighted by Crippen LogP contribution is 2.72. The number of carbonyl (C=O) groups is 9. The smallest absolute Gasteiger partial charge is 0.306 e. The zero-order valence-corrected chi connectivity index (χ0v) is 58.6. The summed E-state index contributed by atoms with van der Waals surface area (Å²) >= 11 is 0. The number of esters is 6. The van der Waals surface area contributed by atoms with Gasteiger partial charge in [-0.2, -0.15) is 0 Å². The molecule has 11 aliphatic heterocycles. The van der Waals surface area contributed by atoms with Gasteiger partial charge in [0.05, 0.1) is 0 Å². The number of carbonyl (C=O) groups excluding carboxylic acids is 9. The molecule has 23 fully saturated rings. The Hall–Kier alpha value is -4.17. The van der Waals surface area contributed by atoms with E-state index in [0.717, 1.165) is 57.8 Å². The fraction of sp³-hybridized carbons (Fsp3) is 0.885. The highest BCUT2D eigenvalue weighted by atomic mass is 16.6. The van der Waals surface area contributed by atoms with Crippen LogP contribution in [0, 0.1) is 139 Å². The van der Waals surface area contributed by atoms with Gasteiger partial charge in [-0.05, 0) is 240 Å². The average molecular weight is 1290 g/mol. The maximum atomic E-state index is 15.2. The fourth-order valence-electron chi connectivity index (χ4n) is 27.2. The van der Waals surface area contributed by atoms with Crippen LogP contribution in [-0.2, 0) is 71.6 Å². The van der Waals surface area contributed by atoms with Gasteiger partial charge < -0.3 is 28.4 Å². The average Bonchev–Trinajstić information content (AvgIpc) is 1.70. The summed E-state index contributed by atoms with van der Waals surface area (Å²) in [4.78, 5) is 127. The molecule has 15 nitrogen and oxygen atoms in total. The van der Waals surface area contributed by atoms with Crippen LogP contribution in [0.5, 0.6) is 0 Å². The van der Waals surface area contributed by atoms with Gasteiger partial charge in [-0.3, -0.25) is 43.2 Å². The first-order valence-electron chi connectivity index (χ1n) is 37.6. The van der Waals surface area contributed by atoms with Gasteiger partial charge in [-0.15, -0.1) is 0 Å². The van der Waals surface area contributed by atoms with Crippen molar-refractivity contribution in [1.82, 2.24) is 0 Å². The molecule has 24 bridgehead atoms. The van der Waals surface area contributed by atoms with Gasteiger partial charge in [0.2, 0.25) is 0 Å². The van der Waals surface area contributed by atoms with Crippen LogP contribution >= 0.6 is 0 Å². The quantitative estimate of drug-likeness (QED) is 0.190. The van der Waals surface area contributed by atoms with E-state index >= 15 is 14.4 Å². The molecular formula is C78H114O15. The predicted octanol–water partition coefficient (Wildman–Crippen LogP) is 14.1. The van der Waals surface area contributed by atoms with Crippen molar-refractivity contribution in [1.29, 1.82) is 0 Å². The third-order valence-electron chi connectivity index (χ3n) is 31.9. The Bertz CT molecular complexity index is 2680. The molecule has 0 N–H and O–H groups in total. The van der Waals surface area contributed by atoms with Crippen LogP contribution in [0.1, 0.15) is 256 Å². The Morgan fingerprint density at radius 1 is 0.344 bits per heavy atom. The molecule has 0 unspecified atom stereocenters. The first kappa shape index (κ1) is 67.4. The lowest BCUT2D eigenvalue weighted by Crippen LogP contribution is -2.62. The summed E-state index contributed by atoms with van der Waals surface area (Å²) < 4.78 is 38.4. The molecule has 15 heteroatoms. The Balaban J connectivity index is 0.759. The zero-order chi connectivity index (χ0) is 66.4. The molecule has 0 aromatic heterocycles. The van der Waals surface area contributed by atoms with E-state index in [-0.39, 0.29) is 232 Å². The highest BCUT2D eigenvalue weighted by Gasteiger charge is 2.71. The van der Waals surface area contributed by atoms with E-state index in [1.165, 1.54) is 20.8 Å². The van der Waals surface area contributed by atoms with Gasteiger partial charge in [0.25, 0.3) is 0 Å². The number of Topliss-reactive ketones (excluding diaryl/α,β-unsaturated/α-hetero) is 3. The van der Waals surface area contributed by atoms with Crippen molar-refractivity contribution in [3.63, 3.8) is 0 Å². The van der Waals surface area contributed by atoms with Gasteiger partial charge >= 0.3 is 35.8 Å². The standard InChI is InChI=1S/C78H114O15/c1-40-13-22-67(85)91-49-25-28-74(8)46(31-49)35-62(89-44(5)80)71-56-20-17-53(77(56,11)65(83)38-59(71)74)42(3)15-24-69(87)93-51-27-30-75(9)48(33-51)36-63(90-45(6)81)72-57-21-18-54(78(57,12)66(84)39-60(72)75)41(2)14-23-68(86)92-50-26-29-73(7)47(32-50)34-61(88-43(4)79)70-55-19-16-52(40)76(55,10)64(82)37-58(70)73/h40-42,46-63,70-72H,13-39H2,1-12H3/t40-,41-,42-,46+,47+,48+,49-,50-,51-,52-,53-,54-,55+,56+,57+,58+,59+,60+,61-,62-,63-,70+,71+,72+,73+,74+,75+,76-,77-,78-/m1/s1. The molecule has 11 saturated heterocycles. The lowest BCUT2D eigenvalue weighted by Gasteiger charge is -2.62. The summed E-state index contributed by atoms with van der Waals surface area (Å²) in [6, 6.07) is 0. The summed E-state index contributed by atoms with van der Waals surface area (Å²) in [5.74, 6) is 0.0296. The topological polar surface area (TPSA) is 209 Å². The lowest BCUT2D eigenvalue weighted by molar-refractivity contribution is -0.198. The Morgan fingerprint density at radius 3 is 0.839 bits per heavy atom. The maximum Gasteiger partial charge on any atom is 0.306 e. The van der Waals surface area contributed by atoms with E-state index in [1.807, 2.05) is 0 Å². The van der Waals surface area contributed by atoms with Crippen molar-refractivity contribution in [2.45, 2.75) is 293 Å². The molecule has 0 spiro atoms. The SMILES string of the molecule is CC(=O)O[C@@H]1C[C@@H]2C[C@H]3CC[C@]2(C)[C@H]2CC(=O)[C@]4(C)[C@H](CC[C@H]4[C@H]12)[C@H](C)CCC(=O)O[C@@H]1CC[C@@]2(C)[C@@H](C1)C[C@@H](OC(C)=O)[C@@H]1[C@@H]2CC(=O)[C@]2(C)[C@H](CC[C@@H]12)[C@H](C)CCC(=O)O[C@@H]1CC[C@@]2(C)[C@@H](C1)C[C@@H](OC(C)=O)[C@@H]1[C@@H]2CC(=O)[C@]2(C)[C@H](CC[C@@H]12)[C@H](C)CCC(=O)O3. The molecule has 0 radical (unpaired) electrons. The van der Waals surface area contributed by atoms with Crippen LogP contribution in [-0.4, -0.2) is 89.8 Å². The number of hydrogen-bond donors (Lipinski definition) is 0. The van der Waals surface area contributed by atoms with Gasteiger partial charge in [-0.1, -0.05) is 62.3 Å². The first-order chi connectivity index (χ1) is 43.9. The number of ketones is 3. The second-order valence-electron chi connectivity index (χ2n) is 35.6. The van der Waals surface area contributed by atoms with Crippen LogP contribution in [0.2, 0.25) is 0 Å². The second-order valence-corrected chi connectivity index (χ2v) is 35.6. The van der Waals surface area contributed by atoms with Crippen LogP contribution in [0.25, 0.3) is 0 Å². The van der Waals surface area contributed by atoms with Gasteiger partial charge in [-0.25, -0.2) is 0 Å². The van der Waals surface area contributed by atoms with Crippen LogP contribution in [0.4, 0.5) is 0 Å². The molecule has 30 atom stereocenters. The molecule has 23 aliphatic rings. The normalized spacial score (nSPS) is 51.5. The van der Waals surface area contributed by atoms with E-state index < -0.39 is 16.2 Å². The summed E-state index contributed by atoms with van der Waals surface area (Å²) in [6.07, 6.45) is 15.4. The largest absolute Gasteiger partial charge is 0.462 e. The minimum atomic E-state index is -0.633. The Labute approximate surface area is 554 Å². The molecule has 0 amide bonds. The number of rotatable bonds is 3. The van der Waals surface area contributed by atoms with Gasteiger partial charge in [0, 0.05) is 93.3 Å². The number of hydrogen-bond acceptors (Lipinski definition) is 15. The predicted molar refractivity (Wildman–Crippen MR) is 344 cm³/mol. The molecule has 0 aromatic rings. The van der Waals surface area contributed by atoms with E-state index in [2.05, 4.69) is 62.3 Å². The molecule has 93 heavy (non-hydrogen) atoms. The van der Waals surface area contributed by atoms with E-state index in [0.29, 0.717) is 96.3 Å². The second kappa shape index (κ2) is 24.7. The van der Waals surface area contributed by atoms with E-state index in [4.69, 9.17) is 28.4 Å². The van der Waals surface area contributed by atoms with Crippen molar-refractivity contribution in [2.75, 3.05) is 0 Å².